The van der Waals surface area contributed by atoms with E-state index >= 15 is 0 Å². The third-order valence-electron chi connectivity index (χ3n) is 5.62. The first-order chi connectivity index (χ1) is 15.0. The fourth-order valence-electron chi connectivity index (χ4n) is 3.97. The molecule has 0 spiro atoms. The highest BCUT2D eigenvalue weighted by Crippen LogP contribution is 2.31. The Hall–Kier alpha value is -3.33. The van der Waals surface area contributed by atoms with Gasteiger partial charge in [0.05, 0.1) is 21.5 Å². The highest BCUT2D eigenvalue weighted by Gasteiger charge is 2.18. The summed E-state index contributed by atoms with van der Waals surface area (Å²) in [6.07, 6.45) is 7.51. The van der Waals surface area contributed by atoms with Gasteiger partial charge >= 0.3 is 0 Å². The minimum Gasteiger partial charge on any atom is -0.333 e. The molecule has 8 nitrogen and oxygen atoms in total. The summed E-state index contributed by atoms with van der Waals surface area (Å²) < 4.78 is 3.70. The van der Waals surface area contributed by atoms with Crippen LogP contribution in [0.2, 0.25) is 0 Å². The van der Waals surface area contributed by atoms with Gasteiger partial charge in [-0.1, -0.05) is 17.8 Å². The van der Waals surface area contributed by atoms with Crippen molar-refractivity contribution in [3.63, 3.8) is 0 Å². The van der Waals surface area contributed by atoms with Crippen LogP contribution in [0, 0.1) is 6.92 Å². The van der Waals surface area contributed by atoms with Gasteiger partial charge in [0.1, 0.15) is 5.82 Å². The number of amides is 1. The minimum absolute atomic E-state index is 0.0240. The van der Waals surface area contributed by atoms with Gasteiger partial charge in [0.25, 0.3) is 11.5 Å². The van der Waals surface area contributed by atoms with Crippen molar-refractivity contribution in [3.8, 4) is 10.7 Å². The van der Waals surface area contributed by atoms with Crippen LogP contribution in [0.5, 0.6) is 0 Å². The van der Waals surface area contributed by atoms with Crippen LogP contribution in [-0.4, -0.2) is 30.0 Å². The molecule has 3 aromatic heterocycles. The molecule has 0 atom stereocenters. The fraction of sp³-hybridized carbons (Fsp3) is 0.318. The van der Waals surface area contributed by atoms with E-state index in [4.69, 9.17) is 4.98 Å². The van der Waals surface area contributed by atoms with Crippen molar-refractivity contribution in [1.29, 1.82) is 0 Å². The molecule has 9 heteroatoms. The Labute approximate surface area is 182 Å². The van der Waals surface area contributed by atoms with Gasteiger partial charge in [0.15, 0.2) is 11.0 Å². The predicted octanol–water partition coefficient (Wildman–Crippen LogP) is 3.54. The van der Waals surface area contributed by atoms with E-state index in [1.165, 1.54) is 11.3 Å². The second kappa shape index (κ2) is 7.73. The van der Waals surface area contributed by atoms with E-state index in [0.29, 0.717) is 28.1 Å². The molecule has 31 heavy (non-hydrogen) atoms. The third-order valence-corrected chi connectivity index (χ3v) is 6.69. The number of aromatic nitrogens is 5. The average molecular weight is 435 g/mol. The molecular weight excluding hydrogens is 412 g/mol. The number of fused-ring (bicyclic) bond motifs is 2. The highest BCUT2D eigenvalue weighted by atomic mass is 32.1. The fourth-order valence-corrected chi connectivity index (χ4v) is 4.97. The Morgan fingerprint density at radius 1 is 1.19 bits per heavy atom. The van der Waals surface area contributed by atoms with Crippen LogP contribution in [0.25, 0.3) is 21.6 Å². The monoisotopic (exact) mass is 434 g/mol. The molecule has 158 valence electrons. The first-order valence-corrected chi connectivity index (χ1v) is 11.1. The molecule has 1 amide bonds. The summed E-state index contributed by atoms with van der Waals surface area (Å²) in [6, 6.07) is 5.06. The second-order valence-electron chi connectivity index (χ2n) is 7.78. The molecule has 1 aromatic carbocycles. The maximum Gasteiger partial charge on any atom is 0.261 e. The maximum atomic E-state index is 12.9. The maximum absolute atomic E-state index is 12.9. The van der Waals surface area contributed by atoms with E-state index in [9.17, 15) is 9.59 Å². The van der Waals surface area contributed by atoms with Crippen LogP contribution < -0.4 is 10.9 Å². The lowest BCUT2D eigenvalue weighted by molar-refractivity contribution is 0.102. The number of hydrogen-bond donors (Lipinski definition) is 1. The average Bonchev–Trinajstić information content (AvgIpc) is 3.24. The van der Waals surface area contributed by atoms with Gasteiger partial charge < -0.3 is 4.57 Å². The van der Waals surface area contributed by atoms with Crippen molar-refractivity contribution < 1.29 is 4.79 Å². The van der Waals surface area contributed by atoms with Crippen molar-refractivity contribution in [3.05, 3.63) is 58.0 Å². The number of imidazole rings is 1. The summed E-state index contributed by atoms with van der Waals surface area (Å²) in [5.74, 6) is 1.34. The number of carbonyl (C=O) groups excluding carboxylic acids is 1. The predicted molar refractivity (Wildman–Crippen MR) is 121 cm³/mol. The van der Waals surface area contributed by atoms with Crippen LogP contribution in [0.4, 0.5) is 5.13 Å². The number of carbonyl (C=O) groups is 1. The molecule has 0 fully saturated rings. The second-order valence-corrected chi connectivity index (χ2v) is 8.78. The Bertz CT molecular complexity index is 1370. The Morgan fingerprint density at radius 2 is 2.06 bits per heavy atom. The summed E-state index contributed by atoms with van der Waals surface area (Å²) in [4.78, 5) is 40.2. The zero-order valence-electron chi connectivity index (χ0n) is 17.4. The smallest absolute Gasteiger partial charge is 0.261 e. The van der Waals surface area contributed by atoms with Crippen LogP contribution >= 0.6 is 11.3 Å². The van der Waals surface area contributed by atoms with Crippen molar-refractivity contribution in [2.24, 2.45) is 7.05 Å². The molecule has 4 aromatic rings. The van der Waals surface area contributed by atoms with E-state index in [-0.39, 0.29) is 11.5 Å². The SMILES string of the molecule is Cc1nc(NC(=O)c2ccc3c(=O)n4c(nc3c2)CCCCC4)sc1-c1nccn1C. The first-order valence-electron chi connectivity index (χ1n) is 10.3. The third kappa shape index (κ3) is 3.54. The van der Waals surface area contributed by atoms with Gasteiger partial charge in [0.2, 0.25) is 0 Å². The molecule has 5 rings (SSSR count). The molecule has 0 unspecified atom stereocenters. The van der Waals surface area contributed by atoms with Crippen LogP contribution in [-0.2, 0) is 20.0 Å². The van der Waals surface area contributed by atoms with E-state index in [1.807, 2.05) is 24.7 Å². The van der Waals surface area contributed by atoms with Crippen molar-refractivity contribution in [1.82, 2.24) is 24.1 Å². The summed E-state index contributed by atoms with van der Waals surface area (Å²) in [7, 11) is 1.92. The molecule has 1 N–H and O–H groups in total. The van der Waals surface area contributed by atoms with E-state index < -0.39 is 0 Å². The lowest BCUT2D eigenvalue weighted by Gasteiger charge is -2.10. The van der Waals surface area contributed by atoms with E-state index in [1.54, 1.807) is 29.0 Å². The zero-order chi connectivity index (χ0) is 21.5. The number of nitrogens with zero attached hydrogens (tertiary/aromatic N) is 5. The van der Waals surface area contributed by atoms with Crippen LogP contribution in [0.3, 0.4) is 0 Å². The van der Waals surface area contributed by atoms with Gasteiger partial charge in [-0.2, -0.15) is 0 Å². The first kappa shape index (κ1) is 19.6. The molecular formula is C22H22N6O2S. The quantitative estimate of drug-likeness (QED) is 0.532. The summed E-state index contributed by atoms with van der Waals surface area (Å²) in [5, 5.41) is 3.93. The molecule has 0 aliphatic carbocycles. The number of rotatable bonds is 3. The molecule has 0 bridgehead atoms. The normalized spacial score (nSPS) is 13.7. The van der Waals surface area contributed by atoms with Crippen LogP contribution in [0.15, 0.2) is 35.4 Å². The van der Waals surface area contributed by atoms with Crippen molar-refractivity contribution in [2.45, 2.75) is 39.2 Å². The molecule has 0 radical (unpaired) electrons. The molecule has 1 aliphatic heterocycles. The van der Waals surface area contributed by atoms with Gasteiger partial charge in [-0.3, -0.25) is 19.5 Å². The standard InChI is InChI=1S/C22H22N6O2S/c1-13-18(19-23-9-11-27(19)2)31-22(24-13)26-20(29)14-7-8-15-16(12-14)25-17-6-4-3-5-10-28(17)21(15)30/h7-9,11-12H,3-6,10H2,1-2H3,(H,24,26,29). The Morgan fingerprint density at radius 3 is 2.87 bits per heavy atom. The summed E-state index contributed by atoms with van der Waals surface area (Å²) in [5.41, 5.74) is 1.80. The molecule has 0 saturated heterocycles. The number of thiazole rings is 1. The summed E-state index contributed by atoms with van der Waals surface area (Å²) in [6.45, 7) is 2.61. The number of aryl methyl sites for hydroxylation is 3. The van der Waals surface area contributed by atoms with Gasteiger partial charge in [-0.05, 0) is 38.0 Å². The lowest BCUT2D eigenvalue weighted by atomic mass is 10.1. The number of benzene rings is 1. The number of hydrogen-bond acceptors (Lipinski definition) is 6. The molecule has 1 aliphatic rings. The minimum atomic E-state index is -0.279. The number of nitrogens with one attached hydrogen (secondary N) is 1. The lowest BCUT2D eigenvalue weighted by Crippen LogP contribution is -2.24. The largest absolute Gasteiger partial charge is 0.333 e. The van der Waals surface area contributed by atoms with E-state index in [0.717, 1.165) is 47.9 Å². The van der Waals surface area contributed by atoms with Gasteiger partial charge in [0, 0.05) is 38.0 Å². The highest BCUT2D eigenvalue weighted by molar-refractivity contribution is 7.19. The molecule has 4 heterocycles. The molecule has 0 saturated carbocycles. The summed E-state index contributed by atoms with van der Waals surface area (Å²) >= 11 is 1.39. The van der Waals surface area contributed by atoms with Gasteiger partial charge in [-0.25, -0.2) is 15.0 Å². The number of anilines is 1. The Kier molecular flexibility index (Phi) is 4.90. The van der Waals surface area contributed by atoms with Crippen molar-refractivity contribution in [2.75, 3.05) is 5.32 Å². The Balaban J connectivity index is 1.45. The van der Waals surface area contributed by atoms with Gasteiger partial charge in [-0.15, -0.1) is 0 Å². The van der Waals surface area contributed by atoms with E-state index in [2.05, 4.69) is 15.3 Å². The van der Waals surface area contributed by atoms with Crippen LogP contribution in [0.1, 0.15) is 41.1 Å². The van der Waals surface area contributed by atoms with Crippen molar-refractivity contribution >= 4 is 33.3 Å². The topological polar surface area (TPSA) is 94.7 Å². The zero-order valence-corrected chi connectivity index (χ0v) is 18.2.